The van der Waals surface area contributed by atoms with Gasteiger partial charge in [0.25, 0.3) is 11.8 Å². The number of ether oxygens (including phenoxy) is 3. The fourth-order valence-corrected chi connectivity index (χ4v) is 2.66. The Hall–Kier alpha value is -3.88. The lowest BCUT2D eigenvalue weighted by atomic mass is 10.2. The van der Waals surface area contributed by atoms with Gasteiger partial charge in [-0.25, -0.2) is 4.79 Å². The summed E-state index contributed by atoms with van der Waals surface area (Å²) >= 11 is 0. The summed E-state index contributed by atoms with van der Waals surface area (Å²) in [6.45, 7) is 3.63. The summed E-state index contributed by atoms with van der Waals surface area (Å²) in [7, 11) is 0. The highest BCUT2D eigenvalue weighted by Gasteiger charge is 2.14. The van der Waals surface area contributed by atoms with E-state index < -0.39 is 36.9 Å². The maximum absolute atomic E-state index is 12.3. The molecule has 2 aromatic carbocycles. The molecule has 2 N–H and O–H groups in total. The molecule has 176 valence electrons. The Balaban J connectivity index is 1.74. The second kappa shape index (κ2) is 13.5. The second-order valence-corrected chi connectivity index (χ2v) is 6.89. The molecule has 0 aliphatic carbocycles. The first-order chi connectivity index (χ1) is 15.9. The zero-order valence-corrected chi connectivity index (χ0v) is 18.7. The summed E-state index contributed by atoms with van der Waals surface area (Å²) in [6.07, 6.45) is 1.72. The highest BCUT2D eigenvalue weighted by atomic mass is 16.5. The molecule has 9 nitrogen and oxygen atoms in total. The fourth-order valence-electron chi connectivity index (χ4n) is 2.66. The number of esters is 2. The molecule has 0 fully saturated rings. The summed E-state index contributed by atoms with van der Waals surface area (Å²) in [5.41, 5.74) is 1.10. The molecule has 0 atom stereocenters. The van der Waals surface area contributed by atoms with Crippen LogP contribution in [0.15, 0.2) is 48.5 Å². The first kappa shape index (κ1) is 25.4. The third kappa shape index (κ3) is 8.64. The first-order valence-corrected chi connectivity index (χ1v) is 10.7. The number of para-hydroxylation sites is 1. The van der Waals surface area contributed by atoms with Gasteiger partial charge in [0.1, 0.15) is 12.3 Å². The van der Waals surface area contributed by atoms with E-state index in [1.807, 2.05) is 6.92 Å². The Bertz CT molecular complexity index is 958. The SMILES string of the molecule is CCCCOC(=O)c1ccc(NC(=O)COC(=O)CNC(=O)c2ccccc2OCC)cc1. The molecule has 0 saturated carbocycles. The van der Waals surface area contributed by atoms with Gasteiger partial charge in [0.05, 0.1) is 24.3 Å². The van der Waals surface area contributed by atoms with Crippen LogP contribution in [0.4, 0.5) is 5.69 Å². The molecule has 0 bridgehead atoms. The van der Waals surface area contributed by atoms with Crippen LogP contribution in [0.25, 0.3) is 0 Å². The van der Waals surface area contributed by atoms with E-state index in [0.29, 0.717) is 35.8 Å². The van der Waals surface area contributed by atoms with Crippen molar-refractivity contribution in [2.75, 3.05) is 31.7 Å². The van der Waals surface area contributed by atoms with Crippen molar-refractivity contribution in [1.82, 2.24) is 5.32 Å². The summed E-state index contributed by atoms with van der Waals surface area (Å²) in [4.78, 5) is 48.0. The standard InChI is InChI=1S/C24H28N2O7/c1-3-5-14-32-24(30)17-10-12-18(13-11-17)26-21(27)16-33-22(28)15-25-23(29)19-8-6-7-9-20(19)31-4-2/h6-13H,3-5,14-16H2,1-2H3,(H,25,29)(H,26,27). The minimum atomic E-state index is -0.766. The molecule has 0 aromatic heterocycles. The van der Waals surface area contributed by atoms with Crippen molar-refractivity contribution in [3.63, 3.8) is 0 Å². The lowest BCUT2D eigenvalue weighted by Crippen LogP contribution is -2.32. The molecular formula is C24H28N2O7. The molecule has 0 unspecified atom stereocenters. The fraction of sp³-hybridized carbons (Fsp3) is 0.333. The zero-order valence-electron chi connectivity index (χ0n) is 18.7. The summed E-state index contributed by atoms with van der Waals surface area (Å²) < 4.78 is 15.4. The van der Waals surface area contributed by atoms with Crippen LogP contribution < -0.4 is 15.4 Å². The average Bonchev–Trinajstić information content (AvgIpc) is 2.82. The molecule has 0 spiro atoms. The minimum Gasteiger partial charge on any atom is -0.493 e. The highest BCUT2D eigenvalue weighted by molar-refractivity contribution is 5.98. The number of nitrogens with one attached hydrogen (secondary N) is 2. The third-order valence-electron chi connectivity index (χ3n) is 4.32. The van der Waals surface area contributed by atoms with Crippen LogP contribution in [0.2, 0.25) is 0 Å². The van der Waals surface area contributed by atoms with E-state index in [1.54, 1.807) is 43.3 Å². The third-order valence-corrected chi connectivity index (χ3v) is 4.32. The van der Waals surface area contributed by atoms with Gasteiger partial charge < -0.3 is 24.8 Å². The Morgan fingerprint density at radius 3 is 2.33 bits per heavy atom. The zero-order chi connectivity index (χ0) is 24.1. The number of hydrogen-bond donors (Lipinski definition) is 2. The quantitative estimate of drug-likeness (QED) is 0.372. The van der Waals surface area contributed by atoms with Gasteiger partial charge in [-0.05, 0) is 49.7 Å². The van der Waals surface area contributed by atoms with E-state index in [0.717, 1.165) is 12.8 Å². The van der Waals surface area contributed by atoms with Gasteiger partial charge >= 0.3 is 11.9 Å². The van der Waals surface area contributed by atoms with Crippen molar-refractivity contribution in [1.29, 1.82) is 0 Å². The molecule has 2 rings (SSSR count). The molecular weight excluding hydrogens is 428 g/mol. The number of benzene rings is 2. The molecule has 9 heteroatoms. The smallest absolute Gasteiger partial charge is 0.338 e. The van der Waals surface area contributed by atoms with E-state index in [9.17, 15) is 19.2 Å². The summed E-state index contributed by atoms with van der Waals surface area (Å²) in [5, 5.41) is 4.99. The Labute approximate surface area is 192 Å². The minimum absolute atomic E-state index is 0.294. The summed E-state index contributed by atoms with van der Waals surface area (Å²) in [5.74, 6) is -1.84. The molecule has 0 saturated heterocycles. The van der Waals surface area contributed by atoms with Crippen LogP contribution >= 0.6 is 0 Å². The van der Waals surface area contributed by atoms with Gasteiger partial charge in [-0.15, -0.1) is 0 Å². The summed E-state index contributed by atoms with van der Waals surface area (Å²) in [6, 6.07) is 12.8. The number of unbranched alkanes of at least 4 members (excludes halogenated alkanes) is 1. The van der Waals surface area contributed by atoms with E-state index in [-0.39, 0.29) is 0 Å². The predicted octanol–water partition coefficient (Wildman–Crippen LogP) is 2.95. The molecule has 33 heavy (non-hydrogen) atoms. The maximum Gasteiger partial charge on any atom is 0.338 e. The number of carbonyl (C=O) groups is 4. The van der Waals surface area contributed by atoms with Crippen LogP contribution in [0.3, 0.4) is 0 Å². The molecule has 0 radical (unpaired) electrons. The number of carbonyl (C=O) groups excluding carboxylic acids is 4. The molecule has 2 aromatic rings. The van der Waals surface area contributed by atoms with Crippen molar-refractivity contribution < 1.29 is 33.4 Å². The van der Waals surface area contributed by atoms with Crippen LogP contribution in [-0.4, -0.2) is 50.1 Å². The maximum atomic E-state index is 12.3. The van der Waals surface area contributed by atoms with Crippen LogP contribution in [-0.2, 0) is 19.1 Å². The van der Waals surface area contributed by atoms with E-state index in [1.165, 1.54) is 12.1 Å². The van der Waals surface area contributed by atoms with Crippen molar-refractivity contribution in [2.24, 2.45) is 0 Å². The number of anilines is 1. The van der Waals surface area contributed by atoms with E-state index in [4.69, 9.17) is 14.2 Å². The topological polar surface area (TPSA) is 120 Å². The van der Waals surface area contributed by atoms with Gasteiger partial charge in [0, 0.05) is 5.69 Å². The lowest BCUT2D eigenvalue weighted by molar-refractivity contribution is -0.146. The van der Waals surface area contributed by atoms with Crippen molar-refractivity contribution in [3.8, 4) is 5.75 Å². The second-order valence-electron chi connectivity index (χ2n) is 6.89. The van der Waals surface area contributed by atoms with Gasteiger partial charge in [-0.3, -0.25) is 14.4 Å². The molecule has 2 amide bonds. The Morgan fingerprint density at radius 1 is 0.909 bits per heavy atom. The van der Waals surface area contributed by atoms with Gasteiger partial charge in [-0.2, -0.15) is 0 Å². The van der Waals surface area contributed by atoms with Gasteiger partial charge in [0.2, 0.25) is 0 Å². The van der Waals surface area contributed by atoms with Crippen LogP contribution in [0.1, 0.15) is 47.4 Å². The monoisotopic (exact) mass is 456 g/mol. The van der Waals surface area contributed by atoms with Crippen molar-refractivity contribution in [3.05, 3.63) is 59.7 Å². The lowest BCUT2D eigenvalue weighted by Gasteiger charge is -2.10. The molecule has 0 aliphatic rings. The van der Waals surface area contributed by atoms with Crippen molar-refractivity contribution >= 4 is 29.4 Å². The number of rotatable bonds is 12. The van der Waals surface area contributed by atoms with E-state index >= 15 is 0 Å². The van der Waals surface area contributed by atoms with E-state index in [2.05, 4.69) is 10.6 Å². The number of amides is 2. The van der Waals surface area contributed by atoms with Gasteiger partial charge in [-0.1, -0.05) is 25.5 Å². The number of hydrogen-bond acceptors (Lipinski definition) is 7. The largest absolute Gasteiger partial charge is 0.493 e. The molecule has 0 heterocycles. The van der Waals surface area contributed by atoms with Crippen molar-refractivity contribution in [2.45, 2.75) is 26.7 Å². The normalized spacial score (nSPS) is 10.1. The first-order valence-electron chi connectivity index (χ1n) is 10.7. The van der Waals surface area contributed by atoms with Crippen LogP contribution in [0.5, 0.6) is 5.75 Å². The predicted molar refractivity (Wildman–Crippen MR) is 121 cm³/mol. The average molecular weight is 456 g/mol. The Morgan fingerprint density at radius 2 is 1.64 bits per heavy atom. The van der Waals surface area contributed by atoms with Crippen LogP contribution in [0, 0.1) is 0 Å². The Kier molecular flexibility index (Phi) is 10.4. The highest BCUT2D eigenvalue weighted by Crippen LogP contribution is 2.17. The van der Waals surface area contributed by atoms with Gasteiger partial charge in [0.15, 0.2) is 6.61 Å². The molecule has 0 aliphatic heterocycles.